The molecule has 7 heteroatoms. The minimum absolute atomic E-state index is 0. The Labute approximate surface area is 106 Å². The van der Waals surface area contributed by atoms with Gasteiger partial charge in [0.15, 0.2) is 0 Å². The standard InChI is InChI=1S/K.Na.H2O4S.2H/c;;1-5(2,3)4;;/h;;(H2,1,2,3,4);;. The van der Waals surface area contributed by atoms with Crippen LogP contribution < -0.4 is 0 Å². The fourth-order valence-corrected chi connectivity index (χ4v) is 0. The van der Waals surface area contributed by atoms with Gasteiger partial charge in [0.1, 0.15) is 0 Å². The van der Waals surface area contributed by atoms with E-state index in [0.717, 1.165) is 0 Å². The molecule has 0 saturated heterocycles. The minimum atomic E-state index is -4.67. The molecule has 0 fully saturated rings. The van der Waals surface area contributed by atoms with Crippen LogP contribution in [0.2, 0.25) is 0 Å². The summed E-state index contributed by atoms with van der Waals surface area (Å²) in [5.41, 5.74) is 0. The Morgan fingerprint density at radius 2 is 1.14 bits per heavy atom. The van der Waals surface area contributed by atoms with Crippen LogP contribution in [0.4, 0.5) is 0 Å². The Kier molecular flexibility index (Phi) is 15.4. The zero-order valence-electron chi connectivity index (χ0n) is 2.12. The zero-order valence-corrected chi connectivity index (χ0v) is 2.94. The Hall–Kier alpha value is 2.51. The van der Waals surface area contributed by atoms with Crippen molar-refractivity contribution < 1.29 is 17.5 Å². The van der Waals surface area contributed by atoms with Crippen molar-refractivity contribution in [2.45, 2.75) is 0 Å². The molecule has 0 aromatic rings. The molecule has 0 rings (SSSR count). The van der Waals surface area contributed by atoms with Crippen LogP contribution in [0, 0.1) is 0 Å². The third kappa shape index (κ3) is 57.3. The predicted molar refractivity (Wildman–Crippen MR) is 28.5 cm³/mol. The third-order valence-electron chi connectivity index (χ3n) is 0. The number of hydrogen-bond acceptors (Lipinski definition) is 2. The summed E-state index contributed by atoms with van der Waals surface area (Å²) in [6.45, 7) is 0. The molecule has 0 aliphatic carbocycles. The van der Waals surface area contributed by atoms with Gasteiger partial charge in [0.2, 0.25) is 0 Å². The fourth-order valence-electron chi connectivity index (χ4n) is 0. The van der Waals surface area contributed by atoms with Crippen molar-refractivity contribution >= 4 is 91.3 Å². The van der Waals surface area contributed by atoms with Gasteiger partial charge in [-0.15, -0.1) is 0 Å². The van der Waals surface area contributed by atoms with Gasteiger partial charge in [-0.3, -0.25) is 9.11 Å². The summed E-state index contributed by atoms with van der Waals surface area (Å²) in [5.74, 6) is 0. The van der Waals surface area contributed by atoms with Crippen LogP contribution in [0.3, 0.4) is 0 Å². The summed E-state index contributed by atoms with van der Waals surface area (Å²) < 4.78 is 31.6. The first-order valence-electron chi connectivity index (χ1n) is 0.698. The topological polar surface area (TPSA) is 74.6 Å². The van der Waals surface area contributed by atoms with E-state index in [2.05, 4.69) is 0 Å². The van der Waals surface area contributed by atoms with Crippen molar-refractivity contribution in [3.8, 4) is 0 Å². The quantitative estimate of drug-likeness (QED) is 0.321. The maximum atomic E-state index is 8.74. The van der Waals surface area contributed by atoms with E-state index in [4.69, 9.17) is 17.5 Å². The summed E-state index contributed by atoms with van der Waals surface area (Å²) in [7, 11) is -4.67. The summed E-state index contributed by atoms with van der Waals surface area (Å²) in [6, 6.07) is 0. The van der Waals surface area contributed by atoms with Gasteiger partial charge in [-0.25, -0.2) is 0 Å². The molecule has 0 saturated carbocycles. The van der Waals surface area contributed by atoms with Crippen molar-refractivity contribution in [2.24, 2.45) is 0 Å². The predicted octanol–water partition coefficient (Wildman–Crippen LogP) is -1.95. The fraction of sp³-hybridized carbons (Fsp3) is 0. The van der Waals surface area contributed by atoms with Gasteiger partial charge < -0.3 is 0 Å². The molecule has 0 aliphatic rings. The van der Waals surface area contributed by atoms with E-state index in [0.29, 0.717) is 0 Å². The monoisotopic (exact) mass is 162 g/mol. The molecule has 0 atom stereocenters. The van der Waals surface area contributed by atoms with Gasteiger partial charge in [-0.2, -0.15) is 8.42 Å². The molecule has 2 N–H and O–H groups in total. The molecule has 7 heavy (non-hydrogen) atoms. The molecule has 0 heterocycles. The molecule has 0 amide bonds. The molecular formula is H4KNaO4S. The van der Waals surface area contributed by atoms with Crippen molar-refractivity contribution in [1.29, 1.82) is 0 Å². The first-order chi connectivity index (χ1) is 2.00. The second-order valence-corrected chi connectivity index (χ2v) is 1.34. The van der Waals surface area contributed by atoms with Crippen LogP contribution in [0.15, 0.2) is 0 Å². The molecular weight excluding hydrogens is 158 g/mol. The first-order valence-corrected chi connectivity index (χ1v) is 2.10. The second kappa shape index (κ2) is 6.62. The normalized spacial score (nSPS) is 8.29. The zero-order chi connectivity index (χ0) is 4.50. The first kappa shape index (κ1) is 16.2. The van der Waals surface area contributed by atoms with Crippen molar-refractivity contribution in [2.75, 3.05) is 0 Å². The van der Waals surface area contributed by atoms with Gasteiger partial charge in [-0.1, -0.05) is 0 Å². The number of rotatable bonds is 0. The molecule has 4 nitrogen and oxygen atoms in total. The SMILES string of the molecule is O=S(=O)(O)O.[KH].[NaH]. The molecule has 0 aliphatic heterocycles. The Morgan fingerprint density at radius 3 is 1.14 bits per heavy atom. The van der Waals surface area contributed by atoms with Crippen molar-refractivity contribution in [3.63, 3.8) is 0 Å². The Morgan fingerprint density at radius 1 is 1.14 bits per heavy atom. The van der Waals surface area contributed by atoms with Crippen LogP contribution in [-0.4, -0.2) is 98.5 Å². The van der Waals surface area contributed by atoms with Crippen molar-refractivity contribution in [1.82, 2.24) is 0 Å². The second-order valence-electron chi connectivity index (χ2n) is 0.448. The van der Waals surface area contributed by atoms with Gasteiger partial charge in [-0.05, 0) is 0 Å². The molecule has 0 unspecified atom stereocenters. The average Bonchev–Trinajstić information content (AvgIpc) is 0.722. The van der Waals surface area contributed by atoms with E-state index >= 15 is 0 Å². The summed E-state index contributed by atoms with van der Waals surface area (Å²) in [5, 5.41) is 0. The van der Waals surface area contributed by atoms with Crippen LogP contribution in [-0.2, 0) is 10.4 Å². The van der Waals surface area contributed by atoms with Crippen LogP contribution >= 0.6 is 0 Å². The third-order valence-corrected chi connectivity index (χ3v) is 0. The van der Waals surface area contributed by atoms with Gasteiger partial charge in [0.25, 0.3) is 0 Å². The molecule has 36 valence electrons. The average molecular weight is 162 g/mol. The molecule has 0 aromatic heterocycles. The van der Waals surface area contributed by atoms with E-state index in [-0.39, 0.29) is 80.9 Å². The van der Waals surface area contributed by atoms with E-state index in [1.807, 2.05) is 0 Å². The Bertz CT molecular complexity index is 94.9. The van der Waals surface area contributed by atoms with E-state index < -0.39 is 10.4 Å². The van der Waals surface area contributed by atoms with Gasteiger partial charge in [0, 0.05) is 0 Å². The Balaban J connectivity index is -0.0000000800. The summed E-state index contributed by atoms with van der Waals surface area (Å²) in [4.78, 5) is 0. The van der Waals surface area contributed by atoms with Crippen molar-refractivity contribution in [3.05, 3.63) is 0 Å². The van der Waals surface area contributed by atoms with E-state index in [9.17, 15) is 0 Å². The van der Waals surface area contributed by atoms with E-state index in [1.165, 1.54) is 0 Å². The summed E-state index contributed by atoms with van der Waals surface area (Å²) >= 11 is 0. The maximum absolute atomic E-state index is 8.74. The van der Waals surface area contributed by atoms with Crippen LogP contribution in [0.25, 0.3) is 0 Å². The van der Waals surface area contributed by atoms with Crippen LogP contribution in [0.1, 0.15) is 0 Å². The van der Waals surface area contributed by atoms with Crippen LogP contribution in [0.5, 0.6) is 0 Å². The van der Waals surface area contributed by atoms with Gasteiger partial charge in [0.05, 0.1) is 0 Å². The number of hydrogen-bond donors (Lipinski definition) is 2. The van der Waals surface area contributed by atoms with Gasteiger partial charge >= 0.3 is 91.3 Å². The molecule has 0 bridgehead atoms. The molecule has 0 aromatic carbocycles. The molecule has 0 radical (unpaired) electrons. The molecule has 0 spiro atoms. The summed E-state index contributed by atoms with van der Waals surface area (Å²) in [6.07, 6.45) is 0. The van der Waals surface area contributed by atoms with E-state index in [1.54, 1.807) is 0 Å².